The summed E-state index contributed by atoms with van der Waals surface area (Å²) >= 11 is 0. The quantitative estimate of drug-likeness (QED) is 0.490. The van der Waals surface area contributed by atoms with Crippen molar-refractivity contribution in [3.8, 4) is 0 Å². The highest BCUT2D eigenvalue weighted by Crippen LogP contribution is 2.61. The standard InChI is InChI=1S/C19H27O9PS/c1-18(2)23-11-13(24-18)14-15-16(26-19(3,4)25-15)17(28-30(5,21)22)29(20,27-14)12-9-7-6-8-10-12/h6-10,13-17H,11H2,1-5H3/t13-,14+,15+,16+,17-,29?/m1/s1. The van der Waals surface area contributed by atoms with Crippen molar-refractivity contribution < 1.29 is 40.6 Å². The first kappa shape index (κ1) is 22.4. The van der Waals surface area contributed by atoms with Crippen molar-refractivity contribution in [2.24, 2.45) is 0 Å². The van der Waals surface area contributed by atoms with E-state index in [4.69, 9.17) is 27.7 Å². The van der Waals surface area contributed by atoms with Crippen molar-refractivity contribution in [2.75, 3.05) is 12.9 Å². The first-order chi connectivity index (χ1) is 13.8. The molecule has 1 aromatic rings. The molecule has 3 fully saturated rings. The summed E-state index contributed by atoms with van der Waals surface area (Å²) in [6.45, 7) is 7.15. The fourth-order valence-corrected chi connectivity index (χ4v) is 7.82. The second-order valence-electron chi connectivity index (χ2n) is 8.63. The maximum absolute atomic E-state index is 14.3. The molecule has 0 aromatic heterocycles. The molecule has 168 valence electrons. The van der Waals surface area contributed by atoms with Crippen LogP contribution in [0.4, 0.5) is 0 Å². The molecule has 0 saturated carbocycles. The first-order valence-electron chi connectivity index (χ1n) is 9.69. The minimum atomic E-state index is -3.98. The van der Waals surface area contributed by atoms with Crippen LogP contribution in [0, 0.1) is 0 Å². The molecule has 6 atom stereocenters. The predicted molar refractivity (Wildman–Crippen MR) is 107 cm³/mol. The fraction of sp³-hybridized carbons (Fsp3) is 0.684. The third-order valence-corrected chi connectivity index (χ3v) is 8.51. The summed E-state index contributed by atoms with van der Waals surface area (Å²) in [6, 6.07) is 8.40. The van der Waals surface area contributed by atoms with E-state index in [2.05, 4.69) is 0 Å². The Hall–Kier alpha value is -0.840. The third-order valence-electron chi connectivity index (χ3n) is 5.17. The molecule has 0 spiro atoms. The van der Waals surface area contributed by atoms with Gasteiger partial charge >= 0.3 is 0 Å². The average Bonchev–Trinajstić information content (AvgIpc) is 3.15. The maximum atomic E-state index is 14.3. The van der Waals surface area contributed by atoms with E-state index in [0.29, 0.717) is 5.30 Å². The van der Waals surface area contributed by atoms with E-state index in [9.17, 15) is 13.0 Å². The highest BCUT2D eigenvalue weighted by atomic mass is 32.2. The van der Waals surface area contributed by atoms with Gasteiger partial charge in [-0.3, -0.25) is 8.75 Å². The molecule has 1 unspecified atom stereocenters. The summed E-state index contributed by atoms with van der Waals surface area (Å²) in [4.78, 5) is 0. The molecule has 3 aliphatic heterocycles. The lowest BCUT2D eigenvalue weighted by molar-refractivity contribution is -0.174. The Morgan fingerprint density at radius 2 is 1.60 bits per heavy atom. The monoisotopic (exact) mass is 462 g/mol. The van der Waals surface area contributed by atoms with Crippen LogP contribution in [-0.2, 0) is 42.3 Å². The van der Waals surface area contributed by atoms with Crippen LogP contribution in [0.15, 0.2) is 30.3 Å². The normalized spacial score (nSPS) is 40.2. The summed E-state index contributed by atoms with van der Waals surface area (Å²) in [5, 5.41) is 0.327. The lowest BCUT2D eigenvalue weighted by Gasteiger charge is -2.42. The second kappa shape index (κ2) is 7.35. The molecular weight excluding hydrogens is 435 g/mol. The number of hydrogen-bond acceptors (Lipinski definition) is 9. The van der Waals surface area contributed by atoms with Gasteiger partial charge in [0.05, 0.1) is 12.9 Å². The molecule has 30 heavy (non-hydrogen) atoms. The average molecular weight is 462 g/mol. The van der Waals surface area contributed by atoms with Crippen LogP contribution in [0.5, 0.6) is 0 Å². The van der Waals surface area contributed by atoms with E-state index in [1.165, 1.54) is 0 Å². The van der Waals surface area contributed by atoms with Crippen molar-refractivity contribution in [2.45, 2.75) is 69.5 Å². The zero-order chi connectivity index (χ0) is 21.9. The summed E-state index contributed by atoms with van der Waals surface area (Å²) in [5.41, 5.74) is 0. The van der Waals surface area contributed by atoms with Gasteiger partial charge < -0.3 is 23.5 Å². The van der Waals surface area contributed by atoms with Gasteiger partial charge in [-0.15, -0.1) is 0 Å². The van der Waals surface area contributed by atoms with E-state index in [1.54, 1.807) is 58.0 Å². The predicted octanol–water partition coefficient (Wildman–Crippen LogP) is 1.96. The SMILES string of the molecule is CC1(C)O[C@H]2[C@H]([C@H]3COC(C)(C)O3)OP(=O)(c3ccccc3)[C@@H](OS(C)(=O)=O)[C@H]2O1. The molecule has 3 heterocycles. The summed E-state index contributed by atoms with van der Waals surface area (Å²) in [5.74, 6) is -3.29. The van der Waals surface area contributed by atoms with E-state index in [-0.39, 0.29) is 6.61 Å². The highest BCUT2D eigenvalue weighted by Gasteiger charge is 2.64. The minimum absolute atomic E-state index is 0.205. The van der Waals surface area contributed by atoms with Crippen molar-refractivity contribution in [3.05, 3.63) is 30.3 Å². The Kier molecular flexibility index (Phi) is 5.48. The van der Waals surface area contributed by atoms with Crippen molar-refractivity contribution in [1.29, 1.82) is 0 Å². The van der Waals surface area contributed by atoms with Gasteiger partial charge in [0.1, 0.15) is 24.4 Å². The maximum Gasteiger partial charge on any atom is 0.265 e. The molecule has 11 heteroatoms. The summed E-state index contributed by atoms with van der Waals surface area (Å²) < 4.78 is 73.5. The molecular formula is C19H27O9PS. The smallest absolute Gasteiger partial charge is 0.265 e. The van der Waals surface area contributed by atoms with Crippen molar-refractivity contribution in [3.63, 3.8) is 0 Å². The van der Waals surface area contributed by atoms with Crippen LogP contribution in [0.2, 0.25) is 0 Å². The molecule has 1 aromatic carbocycles. The molecule has 3 saturated heterocycles. The number of fused-ring (bicyclic) bond motifs is 1. The van der Waals surface area contributed by atoms with E-state index < -0.39 is 59.3 Å². The number of benzene rings is 1. The van der Waals surface area contributed by atoms with Crippen LogP contribution in [0.3, 0.4) is 0 Å². The van der Waals surface area contributed by atoms with Gasteiger partial charge in [0.15, 0.2) is 17.4 Å². The molecule has 0 bridgehead atoms. The fourth-order valence-electron chi connectivity index (χ4n) is 4.08. The number of rotatable bonds is 4. The van der Waals surface area contributed by atoms with Gasteiger partial charge in [-0.1, -0.05) is 18.2 Å². The lowest BCUT2D eigenvalue weighted by Crippen LogP contribution is -2.56. The van der Waals surface area contributed by atoms with Crippen LogP contribution >= 0.6 is 7.37 Å². The second-order valence-corrected chi connectivity index (χ2v) is 12.7. The number of ether oxygens (including phenoxy) is 4. The van der Waals surface area contributed by atoms with Gasteiger partial charge in [0.25, 0.3) is 17.5 Å². The van der Waals surface area contributed by atoms with Crippen LogP contribution in [-0.4, -0.2) is 63.1 Å². The first-order valence-corrected chi connectivity index (χ1v) is 13.2. The Balaban J connectivity index is 1.80. The lowest BCUT2D eigenvalue weighted by atomic mass is 10.0. The van der Waals surface area contributed by atoms with Crippen LogP contribution in [0.25, 0.3) is 0 Å². The van der Waals surface area contributed by atoms with Gasteiger partial charge in [-0.2, -0.15) is 8.42 Å². The Labute approximate surface area is 176 Å². The van der Waals surface area contributed by atoms with Crippen molar-refractivity contribution >= 4 is 22.8 Å². The number of hydrogen-bond donors (Lipinski definition) is 0. The zero-order valence-corrected chi connectivity index (χ0v) is 19.2. The minimum Gasteiger partial charge on any atom is -0.348 e. The molecule has 0 radical (unpaired) electrons. The topological polar surface area (TPSA) is 107 Å². The summed E-state index contributed by atoms with van der Waals surface area (Å²) in [7, 11) is -7.87. The van der Waals surface area contributed by atoms with E-state index in [1.807, 2.05) is 0 Å². The molecule has 4 rings (SSSR count). The van der Waals surface area contributed by atoms with E-state index >= 15 is 0 Å². The largest absolute Gasteiger partial charge is 0.348 e. The molecule has 0 N–H and O–H groups in total. The van der Waals surface area contributed by atoms with Crippen molar-refractivity contribution in [1.82, 2.24) is 0 Å². The molecule has 3 aliphatic rings. The molecule has 9 nitrogen and oxygen atoms in total. The third kappa shape index (κ3) is 4.25. The Bertz CT molecular complexity index is 946. The Morgan fingerprint density at radius 1 is 0.967 bits per heavy atom. The van der Waals surface area contributed by atoms with Gasteiger partial charge in [0.2, 0.25) is 0 Å². The molecule has 0 aliphatic carbocycles. The molecule has 0 amide bonds. The van der Waals surface area contributed by atoms with Crippen LogP contribution in [0.1, 0.15) is 27.7 Å². The van der Waals surface area contributed by atoms with Gasteiger partial charge in [-0.25, -0.2) is 0 Å². The van der Waals surface area contributed by atoms with Crippen LogP contribution < -0.4 is 5.30 Å². The summed E-state index contributed by atoms with van der Waals surface area (Å²) in [6.07, 6.45) is -2.21. The highest BCUT2D eigenvalue weighted by molar-refractivity contribution is 7.86. The Morgan fingerprint density at radius 3 is 2.17 bits per heavy atom. The van der Waals surface area contributed by atoms with Gasteiger partial charge in [0, 0.05) is 5.30 Å². The van der Waals surface area contributed by atoms with Gasteiger partial charge in [-0.05, 0) is 39.8 Å². The van der Waals surface area contributed by atoms with E-state index in [0.717, 1.165) is 6.26 Å². The zero-order valence-electron chi connectivity index (χ0n) is 17.5.